The third kappa shape index (κ3) is 11.7. The fourth-order valence-corrected chi connectivity index (χ4v) is 1.57. The van der Waals surface area contributed by atoms with Gasteiger partial charge in [0.1, 0.15) is 0 Å². The molecule has 0 N–H and O–H groups in total. The van der Waals surface area contributed by atoms with Crippen molar-refractivity contribution in [2.24, 2.45) is 5.92 Å². The van der Waals surface area contributed by atoms with E-state index in [0.717, 1.165) is 38.5 Å². The molecule has 3 heteroatoms. The SMILES string of the molecule is CC(=O)N(C)CCCCOCCCCC(C)C. The van der Waals surface area contributed by atoms with Gasteiger partial charge in [-0.1, -0.05) is 26.7 Å². The van der Waals surface area contributed by atoms with E-state index in [0.29, 0.717) is 0 Å². The zero-order valence-electron chi connectivity index (χ0n) is 12.0. The molecule has 0 unspecified atom stereocenters. The van der Waals surface area contributed by atoms with Crippen LogP contribution in [0.5, 0.6) is 0 Å². The molecule has 0 aliphatic carbocycles. The minimum atomic E-state index is 0.139. The highest BCUT2D eigenvalue weighted by Gasteiger charge is 2.00. The third-order valence-electron chi connectivity index (χ3n) is 2.89. The lowest BCUT2D eigenvalue weighted by molar-refractivity contribution is -0.127. The summed E-state index contributed by atoms with van der Waals surface area (Å²) in [6.07, 6.45) is 5.81. The van der Waals surface area contributed by atoms with Gasteiger partial charge < -0.3 is 9.64 Å². The van der Waals surface area contributed by atoms with Gasteiger partial charge in [0.15, 0.2) is 0 Å². The number of ether oxygens (including phenoxy) is 1. The Bertz CT molecular complexity index is 193. The van der Waals surface area contributed by atoms with Crippen LogP contribution >= 0.6 is 0 Å². The van der Waals surface area contributed by atoms with E-state index in [4.69, 9.17) is 4.74 Å². The summed E-state index contributed by atoms with van der Waals surface area (Å²) in [6, 6.07) is 0. The molecule has 0 spiro atoms. The molecule has 1 amide bonds. The molecule has 0 heterocycles. The molecule has 0 saturated heterocycles. The second kappa shape index (κ2) is 10.6. The number of rotatable bonds is 10. The first-order valence-electron chi connectivity index (χ1n) is 6.83. The van der Waals surface area contributed by atoms with Crippen LogP contribution in [0.2, 0.25) is 0 Å². The van der Waals surface area contributed by atoms with Crippen molar-refractivity contribution in [2.45, 2.75) is 52.9 Å². The molecule has 17 heavy (non-hydrogen) atoms. The maximum Gasteiger partial charge on any atom is 0.219 e. The van der Waals surface area contributed by atoms with Crippen LogP contribution in [0, 0.1) is 5.92 Å². The predicted molar refractivity (Wildman–Crippen MR) is 72.1 cm³/mol. The molecule has 0 saturated carbocycles. The average Bonchev–Trinajstić information content (AvgIpc) is 2.25. The first-order chi connectivity index (χ1) is 8.04. The van der Waals surface area contributed by atoms with Crippen LogP contribution in [0.3, 0.4) is 0 Å². The summed E-state index contributed by atoms with van der Waals surface area (Å²) < 4.78 is 5.55. The molecule has 0 radical (unpaired) electrons. The summed E-state index contributed by atoms with van der Waals surface area (Å²) in [5.41, 5.74) is 0. The summed E-state index contributed by atoms with van der Waals surface area (Å²) in [5, 5.41) is 0. The molecular formula is C14H29NO2. The topological polar surface area (TPSA) is 29.5 Å². The van der Waals surface area contributed by atoms with Gasteiger partial charge in [-0.3, -0.25) is 4.79 Å². The molecule has 0 aliphatic heterocycles. The highest BCUT2D eigenvalue weighted by atomic mass is 16.5. The highest BCUT2D eigenvalue weighted by Crippen LogP contribution is 2.06. The van der Waals surface area contributed by atoms with Crippen molar-refractivity contribution in [3.8, 4) is 0 Å². The van der Waals surface area contributed by atoms with Crippen LogP contribution in [0.15, 0.2) is 0 Å². The van der Waals surface area contributed by atoms with Crippen molar-refractivity contribution in [1.29, 1.82) is 0 Å². The minimum Gasteiger partial charge on any atom is -0.381 e. The molecule has 102 valence electrons. The summed E-state index contributed by atoms with van der Waals surface area (Å²) >= 11 is 0. The van der Waals surface area contributed by atoms with Gasteiger partial charge in [-0.05, 0) is 25.2 Å². The number of amides is 1. The molecule has 3 nitrogen and oxygen atoms in total. The Balaban J connectivity index is 3.11. The van der Waals surface area contributed by atoms with Gasteiger partial charge in [-0.25, -0.2) is 0 Å². The van der Waals surface area contributed by atoms with Gasteiger partial charge in [-0.2, -0.15) is 0 Å². The van der Waals surface area contributed by atoms with Crippen LogP contribution in [-0.2, 0) is 9.53 Å². The van der Waals surface area contributed by atoms with E-state index in [2.05, 4.69) is 13.8 Å². The first kappa shape index (κ1) is 16.4. The van der Waals surface area contributed by atoms with Crippen molar-refractivity contribution in [1.82, 2.24) is 4.90 Å². The van der Waals surface area contributed by atoms with E-state index in [1.54, 1.807) is 11.8 Å². The standard InChI is InChI=1S/C14H29NO2/c1-13(2)9-5-7-11-17-12-8-6-10-15(4)14(3)16/h13H,5-12H2,1-4H3. The fraction of sp³-hybridized carbons (Fsp3) is 0.929. The Morgan fingerprint density at radius 1 is 1.12 bits per heavy atom. The van der Waals surface area contributed by atoms with Crippen molar-refractivity contribution < 1.29 is 9.53 Å². The minimum absolute atomic E-state index is 0.139. The molecule has 0 aromatic carbocycles. The number of hydrogen-bond acceptors (Lipinski definition) is 2. The Morgan fingerprint density at radius 2 is 1.71 bits per heavy atom. The molecule has 0 aromatic rings. The van der Waals surface area contributed by atoms with Gasteiger partial charge >= 0.3 is 0 Å². The lowest BCUT2D eigenvalue weighted by atomic mass is 10.1. The lowest BCUT2D eigenvalue weighted by Gasteiger charge is -2.14. The van der Waals surface area contributed by atoms with Crippen molar-refractivity contribution >= 4 is 5.91 Å². The number of nitrogens with zero attached hydrogens (tertiary/aromatic N) is 1. The zero-order chi connectivity index (χ0) is 13.1. The maximum atomic E-state index is 10.9. The fourth-order valence-electron chi connectivity index (χ4n) is 1.57. The van der Waals surface area contributed by atoms with E-state index in [9.17, 15) is 4.79 Å². The summed E-state index contributed by atoms with van der Waals surface area (Å²) in [5.74, 6) is 0.941. The van der Waals surface area contributed by atoms with Gasteiger partial charge in [0, 0.05) is 33.7 Å². The highest BCUT2D eigenvalue weighted by molar-refractivity contribution is 5.72. The normalized spacial score (nSPS) is 10.9. The largest absolute Gasteiger partial charge is 0.381 e. The molecule has 0 aliphatic rings. The molecule has 0 fully saturated rings. The van der Waals surface area contributed by atoms with Crippen LogP contribution in [0.25, 0.3) is 0 Å². The molecule has 0 atom stereocenters. The first-order valence-corrected chi connectivity index (χ1v) is 6.83. The van der Waals surface area contributed by atoms with Gasteiger partial charge in [0.25, 0.3) is 0 Å². The number of carbonyl (C=O) groups excluding carboxylic acids is 1. The molecular weight excluding hydrogens is 214 g/mol. The van der Waals surface area contributed by atoms with Gasteiger partial charge in [0.2, 0.25) is 5.91 Å². The quantitative estimate of drug-likeness (QED) is 0.552. The van der Waals surface area contributed by atoms with Crippen LogP contribution in [0.4, 0.5) is 0 Å². The van der Waals surface area contributed by atoms with Crippen LogP contribution < -0.4 is 0 Å². The second-order valence-electron chi connectivity index (χ2n) is 5.15. The van der Waals surface area contributed by atoms with Crippen molar-refractivity contribution in [3.05, 3.63) is 0 Å². The van der Waals surface area contributed by atoms with E-state index >= 15 is 0 Å². The molecule has 0 aromatic heterocycles. The van der Waals surface area contributed by atoms with Crippen LogP contribution in [0.1, 0.15) is 52.9 Å². The van der Waals surface area contributed by atoms with E-state index in [1.807, 2.05) is 7.05 Å². The third-order valence-corrected chi connectivity index (χ3v) is 2.89. The number of carbonyl (C=O) groups is 1. The lowest BCUT2D eigenvalue weighted by Crippen LogP contribution is -2.24. The average molecular weight is 243 g/mol. The Kier molecular flexibility index (Phi) is 10.2. The number of hydrogen-bond donors (Lipinski definition) is 0. The molecule has 0 bridgehead atoms. The zero-order valence-corrected chi connectivity index (χ0v) is 12.0. The van der Waals surface area contributed by atoms with Crippen molar-refractivity contribution in [3.63, 3.8) is 0 Å². The van der Waals surface area contributed by atoms with Gasteiger partial charge in [-0.15, -0.1) is 0 Å². The Labute approximate surface area is 107 Å². The summed E-state index contributed by atoms with van der Waals surface area (Å²) in [6.45, 7) is 8.67. The van der Waals surface area contributed by atoms with E-state index < -0.39 is 0 Å². The summed E-state index contributed by atoms with van der Waals surface area (Å²) in [4.78, 5) is 12.7. The Hall–Kier alpha value is -0.570. The monoisotopic (exact) mass is 243 g/mol. The van der Waals surface area contributed by atoms with Crippen molar-refractivity contribution in [2.75, 3.05) is 26.8 Å². The van der Waals surface area contributed by atoms with E-state index in [-0.39, 0.29) is 5.91 Å². The smallest absolute Gasteiger partial charge is 0.219 e. The molecule has 0 rings (SSSR count). The van der Waals surface area contributed by atoms with Crippen LogP contribution in [-0.4, -0.2) is 37.6 Å². The van der Waals surface area contributed by atoms with E-state index in [1.165, 1.54) is 19.3 Å². The second-order valence-corrected chi connectivity index (χ2v) is 5.15. The Morgan fingerprint density at radius 3 is 2.24 bits per heavy atom. The summed E-state index contributed by atoms with van der Waals surface area (Å²) in [7, 11) is 1.84. The van der Waals surface area contributed by atoms with Gasteiger partial charge in [0.05, 0.1) is 0 Å². The number of unbranched alkanes of at least 4 members (excludes halogenated alkanes) is 2. The predicted octanol–water partition coefficient (Wildman–Crippen LogP) is 3.09. The maximum absolute atomic E-state index is 10.9.